The third-order valence-electron chi connectivity index (χ3n) is 3.17. The minimum absolute atomic E-state index is 0.0947. The summed E-state index contributed by atoms with van der Waals surface area (Å²) in [5, 5.41) is 14.3. The van der Waals surface area contributed by atoms with Gasteiger partial charge in [0.2, 0.25) is 0 Å². The summed E-state index contributed by atoms with van der Waals surface area (Å²) < 4.78 is 0.878. The predicted octanol–water partition coefficient (Wildman–Crippen LogP) is 4.90. The lowest BCUT2D eigenvalue weighted by Crippen LogP contribution is -2.19. The number of non-ortho nitro benzene ring substituents is 1. The van der Waals surface area contributed by atoms with Gasteiger partial charge in [-0.2, -0.15) is 0 Å². The van der Waals surface area contributed by atoms with Gasteiger partial charge in [-0.05, 0) is 42.1 Å². The first kappa shape index (κ1) is 17.7. The summed E-state index contributed by atoms with van der Waals surface area (Å²) in [5.41, 5.74) is 0.992. The van der Waals surface area contributed by atoms with E-state index in [0.29, 0.717) is 26.3 Å². The molecule has 1 fully saturated rings. The number of nitrogens with zero attached hydrogens (tertiary/aromatic N) is 2. The third-order valence-corrected chi connectivity index (χ3v) is 4.91. The minimum Gasteiger partial charge on any atom is -0.300 e. The Hall–Kier alpha value is -2.16. The van der Waals surface area contributed by atoms with Crippen molar-refractivity contribution in [3.05, 3.63) is 72.5 Å². The first-order valence-electron chi connectivity index (χ1n) is 6.91. The van der Waals surface area contributed by atoms with Gasteiger partial charge in [-0.3, -0.25) is 14.9 Å². The predicted molar refractivity (Wildman–Crippen MR) is 103 cm³/mol. The van der Waals surface area contributed by atoms with Crippen molar-refractivity contribution in [2.24, 2.45) is 4.99 Å². The SMILES string of the molecule is O=C1NC(=Nc2cccc(Br)c2)S/C1=C\c1cc([N+](=O)[O-])ccc1Cl. The van der Waals surface area contributed by atoms with E-state index in [1.807, 2.05) is 24.3 Å². The van der Waals surface area contributed by atoms with Crippen LogP contribution in [0.4, 0.5) is 11.4 Å². The lowest BCUT2D eigenvalue weighted by molar-refractivity contribution is -0.384. The largest absolute Gasteiger partial charge is 0.300 e. The minimum atomic E-state index is -0.514. The zero-order chi connectivity index (χ0) is 18.0. The Bertz CT molecular complexity index is 946. The van der Waals surface area contributed by atoms with Gasteiger partial charge in [0.15, 0.2) is 5.17 Å². The quantitative estimate of drug-likeness (QED) is 0.419. The number of nitro benzene ring substituents is 1. The number of amides is 1. The average molecular weight is 439 g/mol. The summed E-state index contributed by atoms with van der Waals surface area (Å²) in [6.07, 6.45) is 1.51. The molecule has 1 aliphatic heterocycles. The van der Waals surface area contributed by atoms with E-state index < -0.39 is 4.92 Å². The smallest absolute Gasteiger partial charge is 0.270 e. The van der Waals surface area contributed by atoms with Gasteiger partial charge in [0.1, 0.15) is 0 Å². The number of nitro groups is 1. The number of hydrogen-bond acceptors (Lipinski definition) is 5. The van der Waals surface area contributed by atoms with Crippen molar-refractivity contribution in [1.29, 1.82) is 0 Å². The fourth-order valence-corrected chi connectivity index (χ4v) is 3.43. The van der Waals surface area contributed by atoms with Crippen LogP contribution < -0.4 is 5.32 Å². The Morgan fingerprint density at radius 3 is 2.80 bits per heavy atom. The Balaban J connectivity index is 1.89. The molecule has 0 aliphatic carbocycles. The summed E-state index contributed by atoms with van der Waals surface area (Å²) in [4.78, 5) is 27.2. The highest BCUT2D eigenvalue weighted by atomic mass is 79.9. The number of benzene rings is 2. The van der Waals surface area contributed by atoms with Crippen LogP contribution in [0.3, 0.4) is 0 Å². The van der Waals surface area contributed by atoms with E-state index in [9.17, 15) is 14.9 Å². The maximum absolute atomic E-state index is 12.1. The summed E-state index contributed by atoms with van der Waals surface area (Å²) in [6, 6.07) is 11.4. The highest BCUT2D eigenvalue weighted by Crippen LogP contribution is 2.31. The Kier molecular flexibility index (Phi) is 5.22. The van der Waals surface area contributed by atoms with Crippen LogP contribution in [-0.2, 0) is 4.79 Å². The highest BCUT2D eigenvalue weighted by Gasteiger charge is 2.24. The van der Waals surface area contributed by atoms with Crippen molar-refractivity contribution < 1.29 is 9.72 Å². The maximum atomic E-state index is 12.1. The molecule has 0 radical (unpaired) electrons. The van der Waals surface area contributed by atoms with Crippen LogP contribution in [-0.4, -0.2) is 16.0 Å². The molecule has 0 bridgehead atoms. The van der Waals surface area contributed by atoms with Gasteiger partial charge < -0.3 is 5.32 Å². The number of nitrogens with one attached hydrogen (secondary N) is 1. The standard InChI is InChI=1S/C16H9BrClN3O3S/c17-10-2-1-3-11(8-10)19-16-20-15(22)14(25-16)7-9-6-12(21(23)24)4-5-13(9)18/h1-8H,(H,19,20,22)/b14-7-. The fourth-order valence-electron chi connectivity index (χ4n) is 2.04. The zero-order valence-electron chi connectivity index (χ0n) is 12.4. The van der Waals surface area contributed by atoms with Crippen LogP contribution in [0, 0.1) is 10.1 Å². The molecule has 0 aromatic heterocycles. The molecule has 1 N–H and O–H groups in total. The molecule has 1 aliphatic rings. The molecule has 0 spiro atoms. The molecule has 1 heterocycles. The van der Waals surface area contributed by atoms with Gasteiger partial charge in [-0.15, -0.1) is 0 Å². The van der Waals surface area contributed by atoms with Crippen LogP contribution in [0.2, 0.25) is 5.02 Å². The number of aliphatic imine (C=N–C) groups is 1. The van der Waals surface area contributed by atoms with Crippen LogP contribution in [0.5, 0.6) is 0 Å². The van der Waals surface area contributed by atoms with E-state index >= 15 is 0 Å². The second kappa shape index (κ2) is 7.38. The average Bonchev–Trinajstić information content (AvgIpc) is 2.88. The van der Waals surface area contributed by atoms with Gasteiger partial charge >= 0.3 is 0 Å². The molecule has 0 saturated carbocycles. The van der Waals surface area contributed by atoms with Crippen molar-refractivity contribution in [1.82, 2.24) is 5.32 Å². The molecule has 1 amide bonds. The van der Waals surface area contributed by atoms with Gasteiger partial charge in [-0.25, -0.2) is 4.99 Å². The van der Waals surface area contributed by atoms with Crippen LogP contribution in [0.25, 0.3) is 6.08 Å². The topological polar surface area (TPSA) is 84.6 Å². The number of rotatable bonds is 3. The molecule has 3 rings (SSSR count). The normalized spacial score (nSPS) is 17.1. The van der Waals surface area contributed by atoms with Crippen LogP contribution >= 0.6 is 39.3 Å². The Labute approximate surface area is 160 Å². The van der Waals surface area contributed by atoms with Crippen molar-refractivity contribution >= 4 is 67.8 Å². The summed E-state index contributed by atoms with van der Waals surface area (Å²) in [7, 11) is 0. The first-order valence-corrected chi connectivity index (χ1v) is 8.90. The molecule has 25 heavy (non-hydrogen) atoms. The van der Waals surface area contributed by atoms with E-state index in [4.69, 9.17) is 11.6 Å². The number of carbonyl (C=O) groups excluding carboxylic acids is 1. The molecular formula is C16H9BrClN3O3S. The van der Waals surface area contributed by atoms with E-state index in [2.05, 4.69) is 26.2 Å². The monoisotopic (exact) mass is 437 g/mol. The third kappa shape index (κ3) is 4.28. The zero-order valence-corrected chi connectivity index (χ0v) is 15.6. The second-order valence-electron chi connectivity index (χ2n) is 4.92. The molecular weight excluding hydrogens is 430 g/mol. The molecule has 126 valence electrons. The fraction of sp³-hybridized carbons (Fsp3) is 0. The number of thioether (sulfide) groups is 1. The Morgan fingerprint density at radius 1 is 1.28 bits per heavy atom. The van der Waals surface area contributed by atoms with Gasteiger partial charge in [0.05, 0.1) is 15.5 Å². The molecule has 6 nitrogen and oxygen atoms in total. The van der Waals surface area contributed by atoms with E-state index in [-0.39, 0.29) is 11.6 Å². The van der Waals surface area contributed by atoms with Crippen molar-refractivity contribution in [3.63, 3.8) is 0 Å². The van der Waals surface area contributed by atoms with E-state index in [1.54, 1.807) is 0 Å². The Morgan fingerprint density at radius 2 is 2.08 bits per heavy atom. The van der Waals surface area contributed by atoms with Crippen LogP contribution in [0.15, 0.2) is 56.8 Å². The molecule has 1 saturated heterocycles. The summed E-state index contributed by atoms with van der Waals surface area (Å²) in [6.45, 7) is 0. The molecule has 0 unspecified atom stereocenters. The summed E-state index contributed by atoms with van der Waals surface area (Å²) in [5.74, 6) is -0.332. The van der Waals surface area contributed by atoms with Gasteiger partial charge in [0.25, 0.3) is 11.6 Å². The number of carbonyl (C=O) groups is 1. The van der Waals surface area contributed by atoms with Crippen molar-refractivity contribution in [2.75, 3.05) is 0 Å². The molecule has 9 heteroatoms. The molecule has 2 aromatic carbocycles. The second-order valence-corrected chi connectivity index (χ2v) is 7.28. The highest BCUT2D eigenvalue weighted by molar-refractivity contribution is 9.10. The van der Waals surface area contributed by atoms with E-state index in [1.165, 1.54) is 24.3 Å². The first-order chi connectivity index (χ1) is 11.9. The van der Waals surface area contributed by atoms with Crippen LogP contribution in [0.1, 0.15) is 5.56 Å². The van der Waals surface area contributed by atoms with Gasteiger partial charge in [0, 0.05) is 27.2 Å². The van der Waals surface area contributed by atoms with E-state index in [0.717, 1.165) is 16.2 Å². The van der Waals surface area contributed by atoms with Gasteiger partial charge in [-0.1, -0.05) is 33.6 Å². The van der Waals surface area contributed by atoms with Crippen molar-refractivity contribution in [2.45, 2.75) is 0 Å². The van der Waals surface area contributed by atoms with Crippen molar-refractivity contribution in [3.8, 4) is 0 Å². The maximum Gasteiger partial charge on any atom is 0.270 e. The summed E-state index contributed by atoms with van der Waals surface area (Å²) >= 11 is 10.6. The molecule has 2 aromatic rings. The lowest BCUT2D eigenvalue weighted by atomic mass is 10.2. The lowest BCUT2D eigenvalue weighted by Gasteiger charge is -1.99. The molecule has 0 atom stereocenters. The number of halogens is 2. The number of amidine groups is 1. The number of hydrogen-bond donors (Lipinski definition) is 1.